The smallest absolute Gasteiger partial charge is 0.446 e. The number of hydrogen-bond acceptors (Lipinski definition) is 5. The summed E-state index contributed by atoms with van der Waals surface area (Å²) < 4.78 is 35.9. The highest BCUT2D eigenvalue weighted by Gasteiger charge is 2.48. The van der Waals surface area contributed by atoms with E-state index in [0.717, 1.165) is 24.9 Å². The first-order chi connectivity index (χ1) is 13.1. The van der Waals surface area contributed by atoms with Crippen molar-refractivity contribution in [3.63, 3.8) is 0 Å². The van der Waals surface area contributed by atoms with Crippen molar-refractivity contribution in [3.8, 4) is 11.5 Å². The Bertz CT molecular complexity index is 952. The van der Waals surface area contributed by atoms with Gasteiger partial charge in [-0.1, -0.05) is 25.5 Å². The molecule has 1 aliphatic heterocycles. The fourth-order valence-electron chi connectivity index (χ4n) is 5.74. The summed E-state index contributed by atoms with van der Waals surface area (Å²) in [5.74, 6) is 2.11. The highest BCUT2D eigenvalue weighted by molar-refractivity contribution is 7.81. The van der Waals surface area contributed by atoms with Crippen LogP contribution in [0.25, 0.3) is 0 Å². The van der Waals surface area contributed by atoms with Crippen LogP contribution in [0.2, 0.25) is 0 Å². The molecule has 1 fully saturated rings. The van der Waals surface area contributed by atoms with Crippen molar-refractivity contribution in [1.29, 1.82) is 0 Å². The molecule has 6 atom stereocenters. The lowest BCUT2D eigenvalue weighted by molar-refractivity contribution is 0.165. The molecule has 2 N–H and O–H groups in total. The molecular formula is C21H27NO5S. The normalized spacial score (nSPS) is 34.9. The van der Waals surface area contributed by atoms with E-state index in [0.29, 0.717) is 29.6 Å². The third kappa shape index (κ3) is 3.57. The van der Waals surface area contributed by atoms with Crippen molar-refractivity contribution in [2.75, 3.05) is 6.54 Å². The summed E-state index contributed by atoms with van der Waals surface area (Å²) in [5, 5.41) is 10.2. The molecule has 152 valence electrons. The van der Waals surface area contributed by atoms with E-state index in [-0.39, 0.29) is 17.4 Å². The molecule has 1 aromatic carbocycles. The summed E-state index contributed by atoms with van der Waals surface area (Å²) in [6.45, 7) is 7.43. The maximum Gasteiger partial charge on any atom is 0.446 e. The van der Waals surface area contributed by atoms with Crippen LogP contribution in [0.1, 0.15) is 45.1 Å². The number of phenolic OH excluding ortho intramolecular Hbond substituents is 1. The van der Waals surface area contributed by atoms with Crippen LogP contribution < -0.4 is 4.18 Å². The molecule has 0 radical (unpaired) electrons. The topological polar surface area (TPSA) is 96.2 Å². The molecule has 7 heteroatoms. The van der Waals surface area contributed by atoms with Gasteiger partial charge in [0.2, 0.25) is 0 Å². The standard InChI is InChI=1S/C21H27NO5S/c1-11-4-14-6-12(2)19(20-13(3)10-22-18(5-11)21(14)20)15-7-16(23)9-17(8-15)27-28(24,25)26/h6-9,11,13-14,19-21,23H,4-5,10H2,1-3H3,(H,24,25,26)/t11-,13+,14-,19-,20+,21-/m1/s1. The van der Waals surface area contributed by atoms with Gasteiger partial charge >= 0.3 is 10.4 Å². The van der Waals surface area contributed by atoms with E-state index in [2.05, 4.69) is 31.0 Å². The molecule has 0 aromatic heterocycles. The summed E-state index contributed by atoms with van der Waals surface area (Å²) in [7, 11) is -4.65. The van der Waals surface area contributed by atoms with E-state index in [4.69, 9.17) is 9.55 Å². The summed E-state index contributed by atoms with van der Waals surface area (Å²) >= 11 is 0. The van der Waals surface area contributed by atoms with Crippen LogP contribution in [0, 0.1) is 29.6 Å². The zero-order chi connectivity index (χ0) is 20.2. The Morgan fingerprint density at radius 1 is 1.21 bits per heavy atom. The molecule has 6 nitrogen and oxygen atoms in total. The molecule has 0 amide bonds. The van der Waals surface area contributed by atoms with Crippen LogP contribution in [0.3, 0.4) is 0 Å². The van der Waals surface area contributed by atoms with Crippen molar-refractivity contribution in [2.45, 2.75) is 39.5 Å². The fraction of sp³-hybridized carbons (Fsp3) is 0.571. The van der Waals surface area contributed by atoms with Crippen LogP contribution in [0.5, 0.6) is 11.5 Å². The van der Waals surface area contributed by atoms with E-state index < -0.39 is 10.4 Å². The van der Waals surface area contributed by atoms with Crippen LogP contribution >= 0.6 is 0 Å². The summed E-state index contributed by atoms with van der Waals surface area (Å²) in [6.07, 6.45) is 4.55. The Balaban J connectivity index is 1.80. The van der Waals surface area contributed by atoms with E-state index in [1.54, 1.807) is 12.1 Å². The number of rotatable bonds is 3. The zero-order valence-electron chi connectivity index (χ0n) is 16.4. The second-order valence-electron chi connectivity index (χ2n) is 8.78. The second-order valence-corrected chi connectivity index (χ2v) is 9.80. The molecule has 1 saturated carbocycles. The number of aromatic hydroxyl groups is 1. The molecule has 0 unspecified atom stereocenters. The van der Waals surface area contributed by atoms with Gasteiger partial charge in [-0.25, -0.2) is 0 Å². The molecule has 1 aromatic rings. The Hall–Kier alpha value is -1.86. The largest absolute Gasteiger partial charge is 0.508 e. The van der Waals surface area contributed by atoms with Gasteiger partial charge in [0.15, 0.2) is 0 Å². The zero-order valence-corrected chi connectivity index (χ0v) is 17.2. The van der Waals surface area contributed by atoms with Crippen LogP contribution in [-0.2, 0) is 10.4 Å². The molecule has 0 saturated heterocycles. The number of benzene rings is 1. The highest BCUT2D eigenvalue weighted by Crippen LogP contribution is 2.54. The minimum absolute atomic E-state index is 0.0472. The van der Waals surface area contributed by atoms with Crippen molar-refractivity contribution < 1.29 is 22.3 Å². The predicted octanol–water partition coefficient (Wildman–Crippen LogP) is 3.99. The molecule has 4 rings (SSSR count). The quantitative estimate of drug-likeness (QED) is 0.586. The first-order valence-electron chi connectivity index (χ1n) is 9.84. The molecule has 28 heavy (non-hydrogen) atoms. The number of hydrogen-bond donors (Lipinski definition) is 2. The lowest BCUT2D eigenvalue weighted by Gasteiger charge is -2.51. The number of nitrogens with zero attached hydrogens (tertiary/aromatic N) is 1. The maximum atomic E-state index is 11.1. The average molecular weight is 406 g/mol. The van der Waals surface area contributed by atoms with Gasteiger partial charge in [-0.2, -0.15) is 8.42 Å². The predicted molar refractivity (Wildman–Crippen MR) is 107 cm³/mol. The Kier molecular flexibility index (Phi) is 4.78. The van der Waals surface area contributed by atoms with Gasteiger partial charge in [0, 0.05) is 30.2 Å². The molecule has 2 aliphatic carbocycles. The molecule has 1 heterocycles. The molecule has 3 aliphatic rings. The number of aliphatic imine (C=N–C) groups is 1. The summed E-state index contributed by atoms with van der Waals surface area (Å²) in [6, 6.07) is 4.48. The van der Waals surface area contributed by atoms with Crippen LogP contribution in [-0.4, -0.2) is 30.3 Å². The fourth-order valence-corrected chi connectivity index (χ4v) is 6.08. The Labute approximate surface area is 166 Å². The lowest BCUT2D eigenvalue weighted by atomic mass is 9.55. The van der Waals surface area contributed by atoms with Crippen molar-refractivity contribution in [1.82, 2.24) is 0 Å². The third-order valence-corrected chi connectivity index (χ3v) is 6.96. The van der Waals surface area contributed by atoms with Crippen LogP contribution in [0.4, 0.5) is 0 Å². The van der Waals surface area contributed by atoms with E-state index in [1.165, 1.54) is 17.4 Å². The van der Waals surface area contributed by atoms with Gasteiger partial charge < -0.3 is 9.29 Å². The van der Waals surface area contributed by atoms with E-state index >= 15 is 0 Å². The second kappa shape index (κ2) is 6.88. The van der Waals surface area contributed by atoms with Crippen LogP contribution in [0.15, 0.2) is 34.8 Å². The van der Waals surface area contributed by atoms with E-state index in [9.17, 15) is 13.5 Å². The first-order valence-corrected chi connectivity index (χ1v) is 11.2. The molecular weight excluding hydrogens is 378 g/mol. The minimum Gasteiger partial charge on any atom is -0.508 e. The van der Waals surface area contributed by atoms with E-state index in [1.807, 2.05) is 0 Å². The Morgan fingerprint density at radius 3 is 2.68 bits per heavy atom. The van der Waals surface area contributed by atoms with Gasteiger partial charge in [-0.05, 0) is 61.1 Å². The summed E-state index contributed by atoms with van der Waals surface area (Å²) in [4.78, 5) is 4.90. The van der Waals surface area contributed by atoms with Gasteiger partial charge in [-0.3, -0.25) is 9.55 Å². The van der Waals surface area contributed by atoms with Gasteiger partial charge in [0.05, 0.1) is 0 Å². The number of allylic oxidation sites excluding steroid dienone is 2. The SMILES string of the molecule is CC1=C[C@H]2C[C@@H](C)CC3=NC[C@H](C)[C@H]([C@@H]32)[C@H]1c1cc(O)cc(OS(=O)(=O)O)c1. The highest BCUT2D eigenvalue weighted by atomic mass is 32.3. The Morgan fingerprint density at radius 2 is 1.96 bits per heavy atom. The van der Waals surface area contributed by atoms with Crippen molar-refractivity contribution in [2.24, 2.45) is 34.6 Å². The third-order valence-electron chi connectivity index (χ3n) is 6.56. The summed E-state index contributed by atoms with van der Waals surface area (Å²) in [5.41, 5.74) is 3.36. The van der Waals surface area contributed by atoms with Crippen molar-refractivity contribution >= 4 is 16.1 Å². The minimum atomic E-state index is -4.65. The number of phenols is 1. The molecule has 0 bridgehead atoms. The first kappa shape index (κ1) is 19.5. The van der Waals surface area contributed by atoms with Gasteiger partial charge in [0.25, 0.3) is 0 Å². The lowest BCUT2D eigenvalue weighted by Crippen LogP contribution is -2.47. The monoisotopic (exact) mass is 405 g/mol. The molecule has 0 spiro atoms. The average Bonchev–Trinajstić information content (AvgIpc) is 2.55. The van der Waals surface area contributed by atoms with Gasteiger partial charge in [0.1, 0.15) is 11.5 Å². The van der Waals surface area contributed by atoms with Crippen molar-refractivity contribution in [3.05, 3.63) is 35.4 Å². The maximum absolute atomic E-state index is 11.1. The van der Waals surface area contributed by atoms with Gasteiger partial charge in [-0.15, -0.1) is 0 Å².